The second-order valence-corrected chi connectivity index (χ2v) is 6.03. The summed E-state index contributed by atoms with van der Waals surface area (Å²) in [7, 11) is 0. The van der Waals surface area contributed by atoms with Crippen molar-refractivity contribution in [1.82, 2.24) is 4.98 Å². The number of nitrogens with zero attached hydrogens (tertiary/aromatic N) is 1. The molecule has 0 fully saturated rings. The van der Waals surface area contributed by atoms with Gasteiger partial charge < -0.3 is 9.73 Å². The van der Waals surface area contributed by atoms with Crippen LogP contribution < -0.4 is 10.9 Å². The summed E-state index contributed by atoms with van der Waals surface area (Å²) in [5, 5.41) is 5.76. The number of fused-ring (bicyclic) bond motifs is 1. The summed E-state index contributed by atoms with van der Waals surface area (Å²) in [4.78, 5) is 28.1. The first-order valence-electron chi connectivity index (χ1n) is 6.84. The second-order valence-electron chi connectivity index (χ2n) is 5.17. The first-order chi connectivity index (χ1) is 10.5. The number of benzene rings is 1. The van der Waals surface area contributed by atoms with Gasteiger partial charge in [-0.05, 0) is 12.1 Å². The van der Waals surface area contributed by atoms with Crippen molar-refractivity contribution in [3.63, 3.8) is 0 Å². The molecular formula is C16H14N2O3S. The number of nitrogens with one attached hydrogen (secondary N) is 1. The maximum Gasteiger partial charge on any atom is 0.345 e. The van der Waals surface area contributed by atoms with Crippen molar-refractivity contribution in [2.75, 3.05) is 5.32 Å². The van der Waals surface area contributed by atoms with Crippen LogP contribution >= 0.6 is 11.3 Å². The van der Waals surface area contributed by atoms with Gasteiger partial charge in [0.2, 0.25) is 5.91 Å². The van der Waals surface area contributed by atoms with Gasteiger partial charge in [0.05, 0.1) is 11.3 Å². The normalized spacial score (nSPS) is 11.0. The number of carbonyl (C=O) groups is 1. The number of para-hydroxylation sites is 1. The molecule has 0 unspecified atom stereocenters. The van der Waals surface area contributed by atoms with E-state index in [4.69, 9.17) is 4.42 Å². The fraction of sp³-hybridized carbons (Fsp3) is 0.188. The van der Waals surface area contributed by atoms with Crippen LogP contribution in [0.25, 0.3) is 22.2 Å². The van der Waals surface area contributed by atoms with E-state index < -0.39 is 5.63 Å². The van der Waals surface area contributed by atoms with Gasteiger partial charge in [0.1, 0.15) is 5.58 Å². The van der Waals surface area contributed by atoms with Crippen LogP contribution in [0.1, 0.15) is 13.8 Å². The number of hydrogen-bond donors (Lipinski definition) is 1. The first-order valence-corrected chi connectivity index (χ1v) is 7.72. The lowest BCUT2D eigenvalue weighted by Gasteiger charge is -2.03. The summed E-state index contributed by atoms with van der Waals surface area (Å²) in [6.45, 7) is 3.61. The third kappa shape index (κ3) is 2.78. The summed E-state index contributed by atoms with van der Waals surface area (Å²) >= 11 is 1.28. The van der Waals surface area contributed by atoms with Crippen molar-refractivity contribution in [3.05, 3.63) is 46.1 Å². The topological polar surface area (TPSA) is 72.2 Å². The van der Waals surface area contributed by atoms with Gasteiger partial charge in [0, 0.05) is 16.7 Å². The highest BCUT2D eigenvalue weighted by molar-refractivity contribution is 7.14. The molecule has 22 heavy (non-hydrogen) atoms. The molecule has 0 aliphatic heterocycles. The predicted molar refractivity (Wildman–Crippen MR) is 87.1 cm³/mol. The number of anilines is 1. The van der Waals surface area contributed by atoms with Crippen LogP contribution in [0.3, 0.4) is 0 Å². The number of thiazole rings is 1. The van der Waals surface area contributed by atoms with E-state index in [1.54, 1.807) is 17.5 Å². The molecule has 2 aromatic heterocycles. The third-order valence-corrected chi connectivity index (χ3v) is 3.93. The van der Waals surface area contributed by atoms with Gasteiger partial charge >= 0.3 is 5.63 Å². The zero-order chi connectivity index (χ0) is 15.7. The molecule has 3 aromatic rings. The van der Waals surface area contributed by atoms with Crippen LogP contribution in [0.4, 0.5) is 5.13 Å². The summed E-state index contributed by atoms with van der Waals surface area (Å²) in [6.07, 6.45) is 0. The van der Waals surface area contributed by atoms with Crippen LogP contribution in [0.5, 0.6) is 0 Å². The summed E-state index contributed by atoms with van der Waals surface area (Å²) in [5.41, 5.74) is 0.995. The lowest BCUT2D eigenvalue weighted by Crippen LogP contribution is -2.17. The average molecular weight is 314 g/mol. The van der Waals surface area contributed by atoms with Gasteiger partial charge in [-0.2, -0.15) is 0 Å². The molecule has 0 aliphatic rings. The van der Waals surface area contributed by atoms with E-state index in [0.29, 0.717) is 22.0 Å². The standard InChI is InChI=1S/C16H14N2O3S/c1-9(2)14(19)18-16-17-12(8-22-16)11-7-10-5-3-4-6-13(10)21-15(11)20/h3-9H,1-2H3,(H,17,18,19). The van der Waals surface area contributed by atoms with Crippen molar-refractivity contribution in [2.45, 2.75) is 13.8 Å². The highest BCUT2D eigenvalue weighted by Gasteiger charge is 2.14. The first kappa shape index (κ1) is 14.5. The number of amides is 1. The smallest absolute Gasteiger partial charge is 0.345 e. The van der Waals surface area contributed by atoms with E-state index in [1.807, 2.05) is 32.0 Å². The van der Waals surface area contributed by atoms with Crippen molar-refractivity contribution >= 4 is 33.3 Å². The highest BCUT2D eigenvalue weighted by Crippen LogP contribution is 2.25. The minimum absolute atomic E-state index is 0.105. The van der Waals surface area contributed by atoms with E-state index in [2.05, 4.69) is 10.3 Å². The van der Waals surface area contributed by atoms with Crippen LogP contribution in [-0.4, -0.2) is 10.9 Å². The monoisotopic (exact) mass is 314 g/mol. The van der Waals surface area contributed by atoms with Gasteiger partial charge in [-0.1, -0.05) is 32.0 Å². The van der Waals surface area contributed by atoms with Crippen molar-refractivity contribution in [2.24, 2.45) is 5.92 Å². The molecule has 0 radical (unpaired) electrons. The molecule has 0 spiro atoms. The molecule has 1 amide bonds. The van der Waals surface area contributed by atoms with E-state index in [9.17, 15) is 9.59 Å². The Morgan fingerprint density at radius 3 is 2.86 bits per heavy atom. The molecule has 1 N–H and O–H groups in total. The average Bonchev–Trinajstić information content (AvgIpc) is 2.94. The fourth-order valence-electron chi connectivity index (χ4n) is 1.95. The van der Waals surface area contributed by atoms with Crippen LogP contribution in [0, 0.1) is 5.92 Å². The van der Waals surface area contributed by atoms with E-state index in [-0.39, 0.29) is 11.8 Å². The van der Waals surface area contributed by atoms with Crippen LogP contribution in [-0.2, 0) is 4.79 Å². The Morgan fingerprint density at radius 1 is 1.32 bits per heavy atom. The molecule has 0 saturated carbocycles. The Kier molecular flexibility index (Phi) is 3.77. The minimum atomic E-state index is -0.439. The number of aromatic nitrogens is 1. The fourth-order valence-corrected chi connectivity index (χ4v) is 2.66. The van der Waals surface area contributed by atoms with Gasteiger partial charge in [0.15, 0.2) is 5.13 Å². The van der Waals surface area contributed by atoms with Crippen molar-refractivity contribution in [1.29, 1.82) is 0 Å². The van der Waals surface area contributed by atoms with Gasteiger partial charge in [-0.3, -0.25) is 4.79 Å². The predicted octanol–water partition coefficient (Wildman–Crippen LogP) is 3.51. The Morgan fingerprint density at radius 2 is 2.09 bits per heavy atom. The summed E-state index contributed by atoms with van der Waals surface area (Å²) in [5.74, 6) is -0.232. The van der Waals surface area contributed by atoms with Crippen LogP contribution in [0.2, 0.25) is 0 Å². The Hall–Kier alpha value is -2.47. The lowest BCUT2D eigenvalue weighted by molar-refractivity contribution is -0.118. The Labute approximate surface area is 130 Å². The van der Waals surface area contributed by atoms with E-state index in [1.165, 1.54) is 11.3 Å². The summed E-state index contributed by atoms with van der Waals surface area (Å²) in [6, 6.07) is 9.06. The molecule has 112 valence electrons. The minimum Gasteiger partial charge on any atom is -0.422 e. The maximum atomic E-state index is 12.1. The lowest BCUT2D eigenvalue weighted by atomic mass is 10.1. The Bertz CT molecular complexity index is 896. The number of rotatable bonds is 3. The van der Waals surface area contributed by atoms with Crippen molar-refractivity contribution in [3.8, 4) is 11.3 Å². The highest BCUT2D eigenvalue weighted by atomic mass is 32.1. The quantitative estimate of drug-likeness (QED) is 0.751. The van der Waals surface area contributed by atoms with Gasteiger partial charge in [-0.15, -0.1) is 11.3 Å². The van der Waals surface area contributed by atoms with E-state index in [0.717, 1.165) is 5.39 Å². The molecule has 0 atom stereocenters. The van der Waals surface area contributed by atoms with E-state index >= 15 is 0 Å². The SMILES string of the molecule is CC(C)C(=O)Nc1nc(-c2cc3ccccc3oc2=O)cs1. The molecule has 3 rings (SSSR count). The van der Waals surface area contributed by atoms with Gasteiger partial charge in [-0.25, -0.2) is 9.78 Å². The molecular weight excluding hydrogens is 300 g/mol. The summed E-state index contributed by atoms with van der Waals surface area (Å²) < 4.78 is 5.30. The molecule has 1 aromatic carbocycles. The van der Waals surface area contributed by atoms with Gasteiger partial charge in [0.25, 0.3) is 0 Å². The second kappa shape index (κ2) is 5.73. The number of carbonyl (C=O) groups excluding carboxylic acids is 1. The van der Waals surface area contributed by atoms with Crippen LogP contribution in [0.15, 0.2) is 44.9 Å². The molecule has 6 heteroatoms. The van der Waals surface area contributed by atoms with Crippen molar-refractivity contribution < 1.29 is 9.21 Å². The maximum absolute atomic E-state index is 12.1. The third-order valence-electron chi connectivity index (χ3n) is 3.18. The molecule has 0 bridgehead atoms. The Balaban J connectivity index is 1.98. The molecule has 5 nitrogen and oxygen atoms in total. The zero-order valence-corrected chi connectivity index (χ0v) is 12.9. The molecule has 0 saturated heterocycles. The molecule has 0 aliphatic carbocycles. The molecule has 2 heterocycles. The zero-order valence-electron chi connectivity index (χ0n) is 12.1. The largest absolute Gasteiger partial charge is 0.422 e. The number of hydrogen-bond acceptors (Lipinski definition) is 5.